The van der Waals surface area contributed by atoms with E-state index in [0.29, 0.717) is 18.5 Å². The zero-order chi connectivity index (χ0) is 14.8. The Labute approximate surface area is 126 Å². The van der Waals surface area contributed by atoms with Gasteiger partial charge in [-0.2, -0.15) is 0 Å². The summed E-state index contributed by atoms with van der Waals surface area (Å²) in [6.07, 6.45) is 7.01. The Morgan fingerprint density at radius 1 is 1.43 bits per heavy atom. The van der Waals surface area contributed by atoms with Crippen LogP contribution in [-0.2, 0) is 17.6 Å². The Kier molecular flexibility index (Phi) is 4.29. The van der Waals surface area contributed by atoms with Gasteiger partial charge < -0.3 is 9.88 Å². The van der Waals surface area contributed by atoms with Crippen LogP contribution in [0.2, 0.25) is 0 Å². The number of nitrogens with one attached hydrogen (secondary N) is 1. The fourth-order valence-electron chi connectivity index (χ4n) is 3.62. The third kappa shape index (κ3) is 3.12. The van der Waals surface area contributed by atoms with Crippen molar-refractivity contribution in [3.63, 3.8) is 0 Å². The van der Waals surface area contributed by atoms with Crippen LogP contribution in [-0.4, -0.2) is 57.4 Å². The highest BCUT2D eigenvalue weighted by Gasteiger charge is 2.35. The molecule has 116 valence electrons. The summed E-state index contributed by atoms with van der Waals surface area (Å²) in [4.78, 5) is 24.8. The normalized spacial score (nSPS) is 26.7. The predicted molar refractivity (Wildman–Crippen MR) is 82.1 cm³/mol. The number of carbonyl (C=O) groups excluding carboxylic acids is 1. The Bertz CT molecular complexity index is 498. The lowest BCUT2D eigenvalue weighted by Gasteiger charge is -2.47. The van der Waals surface area contributed by atoms with Crippen molar-refractivity contribution in [1.29, 1.82) is 0 Å². The lowest BCUT2D eigenvalue weighted by atomic mass is 9.97. The van der Waals surface area contributed by atoms with Gasteiger partial charge in [-0.1, -0.05) is 13.3 Å². The molecule has 5 nitrogen and oxygen atoms in total. The van der Waals surface area contributed by atoms with Gasteiger partial charge in [-0.25, -0.2) is 4.98 Å². The molecule has 5 heteroatoms. The Balaban J connectivity index is 1.63. The number of rotatable bonds is 3. The molecule has 3 heterocycles. The van der Waals surface area contributed by atoms with Crippen molar-refractivity contribution in [3.05, 3.63) is 17.7 Å². The third-order valence-corrected chi connectivity index (χ3v) is 4.89. The number of carbonyl (C=O) groups is 1. The van der Waals surface area contributed by atoms with Gasteiger partial charge in [0.15, 0.2) is 0 Å². The number of hydrogen-bond acceptors (Lipinski definition) is 3. The minimum Gasteiger partial charge on any atom is -0.345 e. The summed E-state index contributed by atoms with van der Waals surface area (Å²) in [5.74, 6) is 1.01. The molecule has 2 atom stereocenters. The molecule has 0 spiro atoms. The van der Waals surface area contributed by atoms with Gasteiger partial charge in [0, 0.05) is 37.1 Å². The summed E-state index contributed by atoms with van der Waals surface area (Å²) in [6.45, 7) is 7.37. The molecule has 1 amide bonds. The number of aryl methyl sites for hydroxylation is 1. The first-order chi connectivity index (χ1) is 10.2. The van der Waals surface area contributed by atoms with Gasteiger partial charge in [-0.3, -0.25) is 9.69 Å². The molecule has 2 fully saturated rings. The second-order valence-electron chi connectivity index (χ2n) is 6.43. The van der Waals surface area contributed by atoms with Gasteiger partial charge in [-0.05, 0) is 32.7 Å². The maximum Gasteiger partial charge on any atom is 0.230 e. The second kappa shape index (κ2) is 6.18. The molecule has 2 saturated heterocycles. The van der Waals surface area contributed by atoms with Crippen molar-refractivity contribution in [3.8, 4) is 0 Å². The van der Waals surface area contributed by atoms with E-state index in [0.717, 1.165) is 31.0 Å². The van der Waals surface area contributed by atoms with Crippen LogP contribution in [0, 0.1) is 0 Å². The number of aromatic nitrogens is 2. The van der Waals surface area contributed by atoms with Crippen molar-refractivity contribution in [2.24, 2.45) is 0 Å². The standard InChI is InChI=1S/C16H26N4O/c1-3-13-9-17-15(18-13)8-16(21)20-11-14-6-4-5-7-19(14)10-12(20)2/h9,12,14H,3-8,10-11H2,1-2H3,(H,17,18). The Hall–Kier alpha value is -1.36. The summed E-state index contributed by atoms with van der Waals surface area (Å²) in [6, 6.07) is 0.883. The predicted octanol–water partition coefficient (Wildman–Crippen LogP) is 1.60. The molecule has 0 radical (unpaired) electrons. The molecule has 2 aliphatic rings. The maximum atomic E-state index is 12.6. The van der Waals surface area contributed by atoms with Gasteiger partial charge in [0.2, 0.25) is 5.91 Å². The van der Waals surface area contributed by atoms with E-state index in [-0.39, 0.29) is 5.91 Å². The zero-order valence-electron chi connectivity index (χ0n) is 13.1. The molecular weight excluding hydrogens is 264 g/mol. The number of aromatic amines is 1. The average Bonchev–Trinajstić information content (AvgIpc) is 2.94. The SMILES string of the molecule is CCc1cnc(CC(=O)N2CC3CCCCN3CC2C)[nH]1. The van der Waals surface area contributed by atoms with E-state index in [2.05, 4.69) is 33.6 Å². The molecule has 21 heavy (non-hydrogen) atoms. The molecule has 2 aliphatic heterocycles. The van der Waals surface area contributed by atoms with Crippen molar-refractivity contribution < 1.29 is 4.79 Å². The minimum atomic E-state index is 0.213. The number of hydrogen-bond donors (Lipinski definition) is 1. The molecule has 0 aliphatic carbocycles. The largest absolute Gasteiger partial charge is 0.345 e. The summed E-state index contributed by atoms with van der Waals surface area (Å²) in [5, 5.41) is 0. The number of amides is 1. The van der Waals surface area contributed by atoms with Gasteiger partial charge in [0.1, 0.15) is 5.82 Å². The van der Waals surface area contributed by atoms with E-state index < -0.39 is 0 Å². The second-order valence-corrected chi connectivity index (χ2v) is 6.43. The van der Waals surface area contributed by atoms with E-state index in [1.165, 1.54) is 25.8 Å². The van der Waals surface area contributed by atoms with Crippen LogP contribution in [0.1, 0.15) is 44.6 Å². The summed E-state index contributed by atoms with van der Waals surface area (Å²) in [7, 11) is 0. The monoisotopic (exact) mass is 290 g/mol. The first-order valence-electron chi connectivity index (χ1n) is 8.23. The van der Waals surface area contributed by atoms with E-state index in [9.17, 15) is 4.79 Å². The Morgan fingerprint density at radius 2 is 2.29 bits per heavy atom. The van der Waals surface area contributed by atoms with Gasteiger partial charge in [0.25, 0.3) is 0 Å². The summed E-state index contributed by atoms with van der Waals surface area (Å²) >= 11 is 0. The zero-order valence-corrected chi connectivity index (χ0v) is 13.1. The van der Waals surface area contributed by atoms with Crippen molar-refractivity contribution in [1.82, 2.24) is 19.8 Å². The minimum absolute atomic E-state index is 0.213. The molecule has 0 bridgehead atoms. The molecular formula is C16H26N4O. The molecule has 0 saturated carbocycles. The van der Waals surface area contributed by atoms with E-state index in [4.69, 9.17) is 0 Å². The molecule has 1 N–H and O–H groups in total. The van der Waals surface area contributed by atoms with Crippen LogP contribution in [0.4, 0.5) is 0 Å². The number of fused-ring (bicyclic) bond motifs is 1. The molecule has 3 rings (SSSR count). The van der Waals surface area contributed by atoms with Gasteiger partial charge in [0.05, 0.1) is 6.42 Å². The first-order valence-corrected chi connectivity index (χ1v) is 8.23. The Morgan fingerprint density at radius 3 is 3.05 bits per heavy atom. The van der Waals surface area contributed by atoms with Crippen LogP contribution in [0.25, 0.3) is 0 Å². The van der Waals surface area contributed by atoms with Crippen molar-refractivity contribution in [2.75, 3.05) is 19.6 Å². The van der Waals surface area contributed by atoms with Crippen LogP contribution in [0.15, 0.2) is 6.20 Å². The van der Waals surface area contributed by atoms with E-state index in [1.54, 1.807) is 0 Å². The lowest BCUT2D eigenvalue weighted by molar-refractivity contribution is -0.137. The highest BCUT2D eigenvalue weighted by molar-refractivity contribution is 5.78. The fraction of sp³-hybridized carbons (Fsp3) is 0.750. The molecule has 0 aromatic carbocycles. The highest BCUT2D eigenvalue weighted by atomic mass is 16.2. The quantitative estimate of drug-likeness (QED) is 0.920. The number of imidazole rings is 1. The van der Waals surface area contributed by atoms with Crippen LogP contribution >= 0.6 is 0 Å². The first kappa shape index (κ1) is 14.6. The summed E-state index contributed by atoms with van der Waals surface area (Å²) < 4.78 is 0. The van der Waals surface area contributed by atoms with Crippen LogP contribution < -0.4 is 0 Å². The smallest absolute Gasteiger partial charge is 0.230 e. The molecule has 2 unspecified atom stereocenters. The molecule has 1 aromatic rings. The molecule has 1 aromatic heterocycles. The lowest BCUT2D eigenvalue weighted by Crippen LogP contribution is -2.60. The van der Waals surface area contributed by atoms with Crippen LogP contribution in [0.5, 0.6) is 0 Å². The number of piperazine rings is 1. The van der Waals surface area contributed by atoms with E-state index >= 15 is 0 Å². The highest BCUT2D eigenvalue weighted by Crippen LogP contribution is 2.24. The maximum absolute atomic E-state index is 12.6. The van der Waals surface area contributed by atoms with E-state index in [1.807, 2.05) is 6.20 Å². The number of piperidine rings is 1. The summed E-state index contributed by atoms with van der Waals surface area (Å²) in [5.41, 5.74) is 1.10. The van der Waals surface area contributed by atoms with Crippen molar-refractivity contribution in [2.45, 2.75) is 58.0 Å². The average molecular weight is 290 g/mol. The van der Waals surface area contributed by atoms with Gasteiger partial charge >= 0.3 is 0 Å². The number of H-pyrrole nitrogens is 1. The fourth-order valence-corrected chi connectivity index (χ4v) is 3.62. The topological polar surface area (TPSA) is 52.2 Å². The third-order valence-electron chi connectivity index (χ3n) is 4.89. The number of nitrogens with zero attached hydrogens (tertiary/aromatic N) is 3. The van der Waals surface area contributed by atoms with Crippen LogP contribution in [0.3, 0.4) is 0 Å². The van der Waals surface area contributed by atoms with Crippen molar-refractivity contribution >= 4 is 5.91 Å². The van der Waals surface area contributed by atoms with Gasteiger partial charge in [-0.15, -0.1) is 0 Å².